The fourth-order valence-corrected chi connectivity index (χ4v) is 3.04. The lowest BCUT2D eigenvalue weighted by Gasteiger charge is -2.08. The van der Waals surface area contributed by atoms with Crippen molar-refractivity contribution in [3.8, 4) is 17.0 Å². The predicted molar refractivity (Wildman–Crippen MR) is 78.0 cm³/mol. The Morgan fingerprint density at radius 2 is 2.10 bits per heavy atom. The SMILES string of the molecule is COc1ccc2c(c1)-c1nc(C3CC3)c(C(=O)O)cc1C2. The molecule has 21 heavy (non-hydrogen) atoms. The van der Waals surface area contributed by atoms with Crippen LogP contribution < -0.4 is 4.74 Å². The van der Waals surface area contributed by atoms with Gasteiger partial charge in [0, 0.05) is 17.9 Å². The van der Waals surface area contributed by atoms with Crippen molar-refractivity contribution in [2.24, 2.45) is 0 Å². The number of hydrogen-bond donors (Lipinski definition) is 1. The molecule has 0 spiro atoms. The zero-order chi connectivity index (χ0) is 14.6. The molecule has 1 N–H and O–H groups in total. The summed E-state index contributed by atoms with van der Waals surface area (Å²) in [7, 11) is 1.65. The minimum Gasteiger partial charge on any atom is -0.497 e. The molecule has 2 aliphatic rings. The third-order valence-electron chi connectivity index (χ3n) is 4.28. The second-order valence-electron chi connectivity index (χ2n) is 5.71. The molecule has 0 radical (unpaired) electrons. The summed E-state index contributed by atoms with van der Waals surface area (Å²) in [6, 6.07) is 7.77. The van der Waals surface area contributed by atoms with Crippen molar-refractivity contribution in [3.63, 3.8) is 0 Å². The number of fused-ring (bicyclic) bond motifs is 3. The quantitative estimate of drug-likeness (QED) is 0.800. The lowest BCUT2D eigenvalue weighted by Crippen LogP contribution is -2.06. The van der Waals surface area contributed by atoms with Gasteiger partial charge >= 0.3 is 5.97 Å². The standard InChI is InChI=1S/C17H15NO3/c1-21-12-5-4-10-6-11-7-14(17(19)20)15(9-2-3-9)18-16(11)13(10)8-12/h4-5,7-9H,2-3,6H2,1H3,(H,19,20). The molecule has 2 aliphatic carbocycles. The fourth-order valence-electron chi connectivity index (χ4n) is 3.04. The van der Waals surface area contributed by atoms with Gasteiger partial charge in [-0.15, -0.1) is 0 Å². The van der Waals surface area contributed by atoms with Crippen LogP contribution >= 0.6 is 0 Å². The molecule has 0 unspecified atom stereocenters. The molecule has 0 amide bonds. The van der Waals surface area contributed by atoms with Gasteiger partial charge in [0.1, 0.15) is 5.75 Å². The van der Waals surface area contributed by atoms with Crippen LogP contribution in [0.5, 0.6) is 5.75 Å². The summed E-state index contributed by atoms with van der Waals surface area (Å²) in [4.78, 5) is 16.2. The molecule has 1 heterocycles. The highest BCUT2D eigenvalue weighted by Crippen LogP contribution is 2.44. The minimum absolute atomic E-state index is 0.316. The average molecular weight is 281 g/mol. The Bertz CT molecular complexity index is 763. The number of carboxylic acids is 1. The van der Waals surface area contributed by atoms with Crippen molar-refractivity contribution in [2.75, 3.05) is 7.11 Å². The van der Waals surface area contributed by atoms with Gasteiger partial charge in [-0.05, 0) is 42.2 Å². The number of rotatable bonds is 3. The van der Waals surface area contributed by atoms with Gasteiger partial charge in [-0.25, -0.2) is 4.79 Å². The smallest absolute Gasteiger partial charge is 0.337 e. The van der Waals surface area contributed by atoms with E-state index in [2.05, 4.69) is 0 Å². The fraction of sp³-hybridized carbons (Fsp3) is 0.294. The van der Waals surface area contributed by atoms with E-state index in [0.29, 0.717) is 11.5 Å². The first kappa shape index (κ1) is 12.4. The number of carbonyl (C=O) groups is 1. The van der Waals surface area contributed by atoms with Crippen LogP contribution in [0, 0.1) is 0 Å². The molecular weight excluding hydrogens is 266 g/mol. The van der Waals surface area contributed by atoms with Gasteiger partial charge < -0.3 is 9.84 Å². The lowest BCUT2D eigenvalue weighted by atomic mass is 10.0. The molecule has 2 aromatic rings. The molecule has 0 saturated heterocycles. The largest absolute Gasteiger partial charge is 0.497 e. The van der Waals surface area contributed by atoms with Crippen LogP contribution in [0.15, 0.2) is 24.3 Å². The van der Waals surface area contributed by atoms with E-state index in [4.69, 9.17) is 9.72 Å². The van der Waals surface area contributed by atoms with Gasteiger partial charge in [0.2, 0.25) is 0 Å². The Kier molecular flexibility index (Phi) is 2.55. The Hall–Kier alpha value is -2.36. The minimum atomic E-state index is -0.874. The predicted octanol–water partition coefficient (Wildman–Crippen LogP) is 3.24. The second kappa shape index (κ2) is 4.32. The summed E-state index contributed by atoms with van der Waals surface area (Å²) >= 11 is 0. The Balaban J connectivity index is 1.90. The van der Waals surface area contributed by atoms with Crippen LogP contribution in [0.1, 0.15) is 45.9 Å². The van der Waals surface area contributed by atoms with Crippen LogP contribution in [0.4, 0.5) is 0 Å². The van der Waals surface area contributed by atoms with E-state index in [1.165, 1.54) is 5.56 Å². The molecule has 4 nitrogen and oxygen atoms in total. The lowest BCUT2D eigenvalue weighted by molar-refractivity contribution is 0.0695. The summed E-state index contributed by atoms with van der Waals surface area (Å²) in [6.07, 6.45) is 2.82. The highest BCUT2D eigenvalue weighted by Gasteiger charge is 2.32. The summed E-state index contributed by atoms with van der Waals surface area (Å²) in [5.41, 5.74) is 5.30. The summed E-state index contributed by atoms with van der Waals surface area (Å²) < 4.78 is 5.28. The van der Waals surface area contributed by atoms with Gasteiger partial charge in [0.15, 0.2) is 0 Å². The number of hydrogen-bond acceptors (Lipinski definition) is 3. The zero-order valence-corrected chi connectivity index (χ0v) is 11.7. The summed E-state index contributed by atoms with van der Waals surface area (Å²) in [5.74, 6) is 0.246. The number of nitrogens with zero attached hydrogens (tertiary/aromatic N) is 1. The highest BCUT2D eigenvalue weighted by atomic mass is 16.5. The number of methoxy groups -OCH3 is 1. The Morgan fingerprint density at radius 1 is 1.29 bits per heavy atom. The van der Waals surface area contributed by atoms with Crippen LogP contribution in [-0.4, -0.2) is 23.2 Å². The van der Waals surface area contributed by atoms with Crippen molar-refractivity contribution >= 4 is 5.97 Å². The van der Waals surface area contributed by atoms with Crippen LogP contribution in [0.25, 0.3) is 11.3 Å². The molecule has 1 aromatic heterocycles. The van der Waals surface area contributed by atoms with E-state index in [-0.39, 0.29) is 0 Å². The maximum atomic E-state index is 11.5. The highest BCUT2D eigenvalue weighted by molar-refractivity contribution is 5.91. The number of carboxylic acid groups (broad SMARTS) is 1. The Morgan fingerprint density at radius 3 is 2.76 bits per heavy atom. The van der Waals surface area contributed by atoms with E-state index in [1.54, 1.807) is 7.11 Å². The monoisotopic (exact) mass is 281 g/mol. The molecular formula is C17H15NO3. The second-order valence-corrected chi connectivity index (χ2v) is 5.71. The van der Waals surface area contributed by atoms with E-state index < -0.39 is 5.97 Å². The number of ether oxygens (including phenoxy) is 1. The first-order valence-corrected chi connectivity index (χ1v) is 7.11. The van der Waals surface area contributed by atoms with Gasteiger partial charge in [-0.2, -0.15) is 0 Å². The topological polar surface area (TPSA) is 59.4 Å². The molecule has 0 atom stereocenters. The van der Waals surface area contributed by atoms with Crippen LogP contribution in [0.3, 0.4) is 0 Å². The van der Waals surface area contributed by atoms with Crippen molar-refractivity contribution in [1.29, 1.82) is 0 Å². The van der Waals surface area contributed by atoms with E-state index in [1.807, 2.05) is 24.3 Å². The van der Waals surface area contributed by atoms with E-state index in [0.717, 1.165) is 47.5 Å². The molecule has 106 valence electrons. The van der Waals surface area contributed by atoms with Crippen molar-refractivity contribution < 1.29 is 14.6 Å². The van der Waals surface area contributed by atoms with Crippen LogP contribution in [-0.2, 0) is 6.42 Å². The maximum Gasteiger partial charge on any atom is 0.337 e. The molecule has 0 bridgehead atoms. The molecule has 4 rings (SSSR count). The first-order valence-electron chi connectivity index (χ1n) is 7.11. The number of aromatic carboxylic acids is 1. The normalized spacial score (nSPS) is 15.5. The molecule has 1 fully saturated rings. The number of pyridine rings is 1. The zero-order valence-electron chi connectivity index (χ0n) is 11.7. The molecule has 1 aromatic carbocycles. The van der Waals surface area contributed by atoms with Crippen molar-refractivity contribution in [3.05, 3.63) is 46.6 Å². The average Bonchev–Trinajstić information content (AvgIpc) is 3.27. The van der Waals surface area contributed by atoms with E-state index in [9.17, 15) is 9.90 Å². The maximum absolute atomic E-state index is 11.5. The first-order chi connectivity index (χ1) is 10.2. The molecule has 1 saturated carbocycles. The van der Waals surface area contributed by atoms with Gasteiger partial charge in [0.05, 0.1) is 24.1 Å². The van der Waals surface area contributed by atoms with Crippen LogP contribution in [0.2, 0.25) is 0 Å². The number of benzene rings is 1. The Labute approximate surface area is 122 Å². The van der Waals surface area contributed by atoms with Crippen molar-refractivity contribution in [1.82, 2.24) is 4.98 Å². The van der Waals surface area contributed by atoms with Gasteiger partial charge in [-0.3, -0.25) is 4.98 Å². The van der Waals surface area contributed by atoms with Gasteiger partial charge in [-0.1, -0.05) is 6.07 Å². The van der Waals surface area contributed by atoms with E-state index >= 15 is 0 Å². The molecule has 0 aliphatic heterocycles. The summed E-state index contributed by atoms with van der Waals surface area (Å²) in [5, 5.41) is 9.41. The third-order valence-corrected chi connectivity index (χ3v) is 4.28. The summed E-state index contributed by atoms with van der Waals surface area (Å²) in [6.45, 7) is 0. The third kappa shape index (κ3) is 1.90. The van der Waals surface area contributed by atoms with Gasteiger partial charge in [0.25, 0.3) is 0 Å². The molecule has 4 heteroatoms. The number of aromatic nitrogens is 1. The van der Waals surface area contributed by atoms with Crippen molar-refractivity contribution in [2.45, 2.75) is 25.2 Å².